The lowest BCUT2D eigenvalue weighted by Gasteiger charge is -2.27. The number of nitrogens with zero attached hydrogens (tertiary/aromatic N) is 3. The highest BCUT2D eigenvalue weighted by molar-refractivity contribution is 5.82. The van der Waals surface area contributed by atoms with E-state index in [0.29, 0.717) is 19.6 Å². The van der Waals surface area contributed by atoms with Gasteiger partial charge in [-0.1, -0.05) is 18.2 Å². The van der Waals surface area contributed by atoms with Crippen LogP contribution in [0.25, 0.3) is 0 Å². The molecule has 0 aliphatic carbocycles. The number of carbonyl (C=O) groups excluding carboxylic acids is 3. The molecule has 33 heavy (non-hydrogen) atoms. The van der Waals surface area contributed by atoms with Gasteiger partial charge < -0.3 is 19.1 Å². The molecule has 3 rings (SSSR count). The number of hydrogen-bond acceptors (Lipinski definition) is 7. The van der Waals surface area contributed by atoms with E-state index >= 15 is 0 Å². The highest BCUT2D eigenvalue weighted by atomic mass is 16.6. The topological polar surface area (TPSA) is 88.6 Å². The Balaban J connectivity index is 1.67. The second-order valence-corrected chi connectivity index (χ2v) is 9.35. The van der Waals surface area contributed by atoms with E-state index in [-0.39, 0.29) is 13.0 Å². The summed E-state index contributed by atoms with van der Waals surface area (Å²) in [6, 6.07) is 5.13. The molecule has 0 unspecified atom stereocenters. The van der Waals surface area contributed by atoms with E-state index in [2.05, 4.69) is 11.5 Å². The first-order valence-corrected chi connectivity index (χ1v) is 11.0. The minimum Gasteiger partial charge on any atom is -0.467 e. The molecule has 2 atom stereocenters. The van der Waals surface area contributed by atoms with Crippen molar-refractivity contribution in [2.75, 3.05) is 32.1 Å². The Labute approximate surface area is 194 Å². The Kier molecular flexibility index (Phi) is 7.19. The first kappa shape index (κ1) is 24.4. The van der Waals surface area contributed by atoms with Crippen LogP contribution in [0.2, 0.25) is 0 Å². The lowest BCUT2D eigenvalue weighted by atomic mass is 10.1. The minimum atomic E-state index is -0.863. The van der Waals surface area contributed by atoms with Crippen molar-refractivity contribution >= 4 is 23.8 Å². The van der Waals surface area contributed by atoms with Gasteiger partial charge in [0.15, 0.2) is 0 Å². The quantitative estimate of drug-likeness (QED) is 0.379. The van der Waals surface area contributed by atoms with Crippen molar-refractivity contribution in [2.24, 2.45) is 0 Å². The van der Waals surface area contributed by atoms with Gasteiger partial charge in [-0.3, -0.25) is 9.80 Å². The number of rotatable bonds is 5. The third-order valence-electron chi connectivity index (χ3n) is 5.66. The third-order valence-corrected chi connectivity index (χ3v) is 5.66. The van der Waals surface area contributed by atoms with E-state index in [1.165, 1.54) is 12.0 Å². The van der Waals surface area contributed by atoms with Gasteiger partial charge in [-0.2, -0.15) is 0 Å². The van der Waals surface area contributed by atoms with Crippen LogP contribution in [-0.2, 0) is 32.1 Å². The summed E-state index contributed by atoms with van der Waals surface area (Å²) in [6.45, 7) is 10.6. The largest absolute Gasteiger partial charge is 0.467 e. The molecular formula is C24H33N3O6. The van der Waals surface area contributed by atoms with Crippen LogP contribution in [0.1, 0.15) is 38.3 Å². The molecule has 2 aliphatic heterocycles. The summed E-state index contributed by atoms with van der Waals surface area (Å²) in [4.78, 5) is 42.8. The molecule has 0 radical (unpaired) electrons. The molecule has 180 valence electrons. The van der Waals surface area contributed by atoms with Crippen molar-refractivity contribution in [3.63, 3.8) is 0 Å². The first-order valence-electron chi connectivity index (χ1n) is 11.0. The summed E-state index contributed by atoms with van der Waals surface area (Å²) in [7, 11) is 3.24. The predicted octanol–water partition coefficient (Wildman–Crippen LogP) is 3.31. The van der Waals surface area contributed by atoms with Crippen molar-refractivity contribution in [1.82, 2.24) is 9.80 Å². The Morgan fingerprint density at radius 1 is 1.21 bits per heavy atom. The van der Waals surface area contributed by atoms with Gasteiger partial charge in [0.05, 0.1) is 20.2 Å². The van der Waals surface area contributed by atoms with Crippen LogP contribution in [0.5, 0.6) is 0 Å². The Morgan fingerprint density at radius 3 is 2.58 bits per heavy atom. The Bertz CT molecular complexity index is 925. The highest BCUT2D eigenvalue weighted by Crippen LogP contribution is 2.32. The number of hydrogen-bond donors (Lipinski definition) is 0. The predicted molar refractivity (Wildman–Crippen MR) is 123 cm³/mol. The van der Waals surface area contributed by atoms with Crippen LogP contribution >= 0.6 is 0 Å². The van der Waals surface area contributed by atoms with Crippen molar-refractivity contribution in [1.29, 1.82) is 0 Å². The number of methoxy groups -OCH3 is 1. The molecule has 9 heteroatoms. The second-order valence-electron chi connectivity index (χ2n) is 9.35. The molecule has 2 aliphatic rings. The molecule has 0 N–H and O–H groups in total. The number of fused-ring (bicyclic) bond motifs is 1. The molecule has 9 nitrogen and oxygen atoms in total. The molecule has 1 aromatic rings. The van der Waals surface area contributed by atoms with Crippen LogP contribution in [0.4, 0.5) is 15.3 Å². The van der Waals surface area contributed by atoms with Gasteiger partial charge in [-0.05, 0) is 38.0 Å². The van der Waals surface area contributed by atoms with E-state index in [4.69, 9.17) is 14.2 Å². The smallest absolute Gasteiger partial charge is 0.411 e. The van der Waals surface area contributed by atoms with Crippen molar-refractivity contribution in [2.45, 2.75) is 58.0 Å². The molecule has 1 saturated heterocycles. The fourth-order valence-electron chi connectivity index (χ4n) is 4.16. The van der Waals surface area contributed by atoms with Gasteiger partial charge in [0.2, 0.25) is 0 Å². The molecular weight excluding hydrogens is 426 g/mol. The fraction of sp³-hybridized carbons (Fsp3) is 0.542. The molecule has 1 fully saturated rings. The monoisotopic (exact) mass is 459 g/mol. The molecule has 0 bridgehead atoms. The van der Waals surface area contributed by atoms with E-state index in [1.54, 1.807) is 25.7 Å². The van der Waals surface area contributed by atoms with Gasteiger partial charge in [-0.15, -0.1) is 6.58 Å². The van der Waals surface area contributed by atoms with E-state index in [9.17, 15) is 14.4 Å². The summed E-state index contributed by atoms with van der Waals surface area (Å²) < 4.78 is 16.0. The van der Waals surface area contributed by atoms with Crippen LogP contribution in [-0.4, -0.2) is 72.9 Å². The molecule has 0 spiro atoms. The number of amides is 2. The van der Waals surface area contributed by atoms with Crippen molar-refractivity contribution < 1.29 is 28.6 Å². The average molecular weight is 460 g/mol. The maximum atomic E-state index is 13.0. The molecule has 1 aromatic carbocycles. The van der Waals surface area contributed by atoms with Crippen LogP contribution in [0.15, 0.2) is 30.9 Å². The number of carbonyl (C=O) groups is 3. The summed E-state index contributed by atoms with van der Waals surface area (Å²) in [5, 5.41) is 0. The second kappa shape index (κ2) is 9.72. The molecule has 0 saturated carbocycles. The van der Waals surface area contributed by atoms with E-state index in [0.717, 1.165) is 16.8 Å². The van der Waals surface area contributed by atoms with Gasteiger partial charge in [-0.25, -0.2) is 14.4 Å². The first-order chi connectivity index (χ1) is 15.5. The maximum absolute atomic E-state index is 13.0. The summed E-state index contributed by atoms with van der Waals surface area (Å²) in [6.07, 6.45) is 0.226. The van der Waals surface area contributed by atoms with Crippen LogP contribution < -0.4 is 4.90 Å². The lowest BCUT2D eigenvalue weighted by molar-refractivity contribution is -0.145. The SMILES string of the molecule is C=CCN(C)c1cccc2c1CN(C(=O)O[C@@H]1C[C@@H](C(=O)OC)N(C(=O)OC(C)(C)C)C1)C2. The summed E-state index contributed by atoms with van der Waals surface area (Å²) >= 11 is 0. The van der Waals surface area contributed by atoms with Crippen molar-refractivity contribution in [3.8, 4) is 0 Å². The average Bonchev–Trinajstić information content (AvgIpc) is 3.36. The number of benzene rings is 1. The lowest BCUT2D eigenvalue weighted by Crippen LogP contribution is -2.44. The third kappa shape index (κ3) is 5.58. The van der Waals surface area contributed by atoms with Gasteiger partial charge in [0.1, 0.15) is 17.7 Å². The Morgan fingerprint density at radius 2 is 1.94 bits per heavy atom. The van der Waals surface area contributed by atoms with Crippen LogP contribution in [0, 0.1) is 0 Å². The van der Waals surface area contributed by atoms with Gasteiger partial charge in [0.25, 0.3) is 0 Å². The maximum Gasteiger partial charge on any atom is 0.411 e. The number of anilines is 1. The number of likely N-dealkylation sites (N-methyl/N-ethyl adjacent to an activating group) is 1. The normalized spacial score (nSPS) is 19.7. The number of ether oxygens (including phenoxy) is 3. The number of likely N-dealkylation sites (tertiary alicyclic amines) is 1. The zero-order valence-corrected chi connectivity index (χ0v) is 20.0. The molecule has 0 aromatic heterocycles. The fourth-order valence-corrected chi connectivity index (χ4v) is 4.16. The van der Waals surface area contributed by atoms with Crippen molar-refractivity contribution in [3.05, 3.63) is 42.0 Å². The van der Waals surface area contributed by atoms with E-state index < -0.39 is 35.9 Å². The zero-order chi connectivity index (χ0) is 24.3. The summed E-state index contributed by atoms with van der Waals surface area (Å²) in [5.74, 6) is -0.567. The minimum absolute atomic E-state index is 0.0640. The molecule has 2 amide bonds. The highest BCUT2D eigenvalue weighted by Gasteiger charge is 2.44. The molecule has 2 heterocycles. The van der Waals surface area contributed by atoms with E-state index in [1.807, 2.05) is 31.3 Å². The van der Waals surface area contributed by atoms with Crippen LogP contribution in [0.3, 0.4) is 0 Å². The van der Waals surface area contributed by atoms with Gasteiger partial charge in [0, 0.05) is 32.2 Å². The number of esters is 1. The summed E-state index contributed by atoms with van der Waals surface area (Å²) in [5.41, 5.74) is 2.47. The van der Waals surface area contributed by atoms with Gasteiger partial charge >= 0.3 is 18.2 Å². The zero-order valence-electron chi connectivity index (χ0n) is 20.0. The standard InChI is InChI=1S/C24H33N3O6/c1-7-11-25(5)19-10-8-9-16-13-26(15-18(16)19)22(29)32-17-12-20(21(28)31-6)27(14-17)23(30)33-24(2,3)4/h7-10,17,20H,1,11-15H2,2-6H3/t17-,20+/m1/s1. The Hall–Kier alpha value is -3.23.